The summed E-state index contributed by atoms with van der Waals surface area (Å²) < 4.78 is 23.2. The second-order valence-electron chi connectivity index (χ2n) is 6.74. The first-order chi connectivity index (χ1) is 9.53. The molecule has 7 nitrogen and oxygen atoms in total. The Morgan fingerprint density at radius 1 is 1.15 bits per heavy atom. The molecule has 8 atom stereocenters. The second kappa shape index (κ2) is 3.73. The van der Waals surface area contributed by atoms with Gasteiger partial charge in [-0.05, 0) is 13.8 Å². The van der Waals surface area contributed by atoms with Crippen LogP contribution in [-0.4, -0.2) is 72.0 Å². The SMILES string of the molecule is CC1(C)O[C@H]2[C@@H]3[C@H]4[C@@H](O)[C@H]5CO[C@@H](O5)[C@@H]4ON3C[C@H]2O1. The maximum absolute atomic E-state index is 10.6. The molecule has 1 N–H and O–H groups in total. The third-order valence-corrected chi connectivity index (χ3v) is 5.06. The third kappa shape index (κ3) is 1.44. The number of ether oxygens (including phenoxy) is 4. The lowest BCUT2D eigenvalue weighted by atomic mass is 9.83. The molecular weight excluding hydrogens is 266 g/mol. The molecule has 0 aromatic heterocycles. The molecule has 5 saturated heterocycles. The van der Waals surface area contributed by atoms with E-state index in [0.29, 0.717) is 13.2 Å². The summed E-state index contributed by atoms with van der Waals surface area (Å²) in [5.74, 6) is -0.612. The lowest BCUT2D eigenvalue weighted by Gasteiger charge is -2.35. The summed E-state index contributed by atoms with van der Waals surface area (Å²) in [6.07, 6.45) is -1.51. The summed E-state index contributed by atoms with van der Waals surface area (Å²) >= 11 is 0. The molecule has 5 aliphatic rings. The molecule has 5 rings (SSSR count). The Bertz CT molecular complexity index is 445. The number of fused-ring (bicyclic) bond motifs is 8. The van der Waals surface area contributed by atoms with Gasteiger partial charge in [0.2, 0.25) is 0 Å². The molecule has 0 saturated carbocycles. The monoisotopic (exact) mass is 285 g/mol. The van der Waals surface area contributed by atoms with E-state index in [1.54, 1.807) is 0 Å². The van der Waals surface area contributed by atoms with Gasteiger partial charge in [0.1, 0.15) is 24.4 Å². The highest BCUT2D eigenvalue weighted by Crippen LogP contribution is 2.49. The van der Waals surface area contributed by atoms with E-state index in [4.69, 9.17) is 23.8 Å². The predicted octanol–water partition coefficient (Wildman–Crippen LogP) is -0.763. The van der Waals surface area contributed by atoms with E-state index >= 15 is 0 Å². The van der Waals surface area contributed by atoms with E-state index in [9.17, 15) is 5.11 Å². The van der Waals surface area contributed by atoms with Gasteiger partial charge in [0.05, 0.1) is 25.3 Å². The molecule has 112 valence electrons. The maximum Gasteiger partial charge on any atom is 0.186 e. The largest absolute Gasteiger partial charge is 0.390 e. The summed E-state index contributed by atoms with van der Waals surface area (Å²) in [7, 11) is 0. The average Bonchev–Trinajstić information content (AvgIpc) is 3.04. The zero-order valence-electron chi connectivity index (χ0n) is 11.5. The van der Waals surface area contributed by atoms with E-state index in [2.05, 4.69) is 0 Å². The molecule has 0 radical (unpaired) electrons. The molecular formula is C13H19NO6. The van der Waals surface area contributed by atoms with Gasteiger partial charge in [0.15, 0.2) is 12.1 Å². The van der Waals surface area contributed by atoms with E-state index in [1.165, 1.54) is 0 Å². The fourth-order valence-corrected chi connectivity index (χ4v) is 4.37. The standard InChI is InChI=1S/C13H19NO6/c1-13(2)18-5-3-14-8(10(5)19-13)7-9(15)6-4-16-12(17-6)11(7)20-14/h5-12,15H,3-4H2,1-2H3/t5-,6-,7+,8+,9+,10-,11-,12+/m1/s1. The fourth-order valence-electron chi connectivity index (χ4n) is 4.37. The van der Waals surface area contributed by atoms with E-state index in [1.807, 2.05) is 18.9 Å². The number of aliphatic hydroxyl groups excluding tert-OH is 1. The van der Waals surface area contributed by atoms with Crippen molar-refractivity contribution >= 4 is 0 Å². The second-order valence-corrected chi connectivity index (χ2v) is 6.74. The van der Waals surface area contributed by atoms with Gasteiger partial charge in [-0.15, -0.1) is 0 Å². The van der Waals surface area contributed by atoms with Crippen molar-refractivity contribution in [1.82, 2.24) is 5.06 Å². The number of hydrogen-bond acceptors (Lipinski definition) is 7. The van der Waals surface area contributed by atoms with E-state index in [0.717, 1.165) is 0 Å². The van der Waals surface area contributed by atoms with Crippen LogP contribution in [0.1, 0.15) is 13.8 Å². The van der Waals surface area contributed by atoms with Crippen molar-refractivity contribution in [3.05, 3.63) is 0 Å². The lowest BCUT2D eigenvalue weighted by Crippen LogP contribution is -2.53. The minimum absolute atomic E-state index is 0.00423. The first-order valence-corrected chi connectivity index (χ1v) is 7.28. The average molecular weight is 285 g/mol. The van der Waals surface area contributed by atoms with E-state index in [-0.39, 0.29) is 42.7 Å². The molecule has 5 heterocycles. The highest BCUT2D eigenvalue weighted by molar-refractivity contribution is 5.10. The summed E-state index contributed by atoms with van der Waals surface area (Å²) in [6.45, 7) is 4.95. The lowest BCUT2D eigenvalue weighted by molar-refractivity contribution is -0.250. The predicted molar refractivity (Wildman–Crippen MR) is 63.3 cm³/mol. The minimum Gasteiger partial charge on any atom is -0.390 e. The van der Waals surface area contributed by atoms with Gasteiger partial charge in [-0.2, -0.15) is 5.06 Å². The fraction of sp³-hybridized carbons (Fsp3) is 1.00. The van der Waals surface area contributed by atoms with Gasteiger partial charge in [0.25, 0.3) is 0 Å². The topological polar surface area (TPSA) is 69.6 Å². The minimum atomic E-state index is -0.584. The van der Waals surface area contributed by atoms with Crippen LogP contribution in [0, 0.1) is 5.92 Å². The van der Waals surface area contributed by atoms with Gasteiger partial charge in [0, 0.05) is 5.92 Å². The normalized spacial score (nSPS) is 59.5. The quantitative estimate of drug-likeness (QED) is 0.627. The van der Waals surface area contributed by atoms with Crippen LogP contribution in [0.2, 0.25) is 0 Å². The summed E-state index contributed by atoms with van der Waals surface area (Å²) in [5, 5.41) is 12.5. The van der Waals surface area contributed by atoms with Crippen molar-refractivity contribution in [1.29, 1.82) is 0 Å². The van der Waals surface area contributed by atoms with Crippen molar-refractivity contribution in [3.63, 3.8) is 0 Å². The number of nitrogens with zero attached hydrogens (tertiary/aromatic N) is 1. The van der Waals surface area contributed by atoms with Crippen LogP contribution in [-0.2, 0) is 23.8 Å². The number of rotatable bonds is 0. The molecule has 0 unspecified atom stereocenters. The Kier molecular flexibility index (Phi) is 2.29. The Morgan fingerprint density at radius 3 is 2.85 bits per heavy atom. The van der Waals surface area contributed by atoms with E-state index < -0.39 is 11.9 Å². The zero-order chi connectivity index (χ0) is 13.6. The third-order valence-electron chi connectivity index (χ3n) is 5.06. The first-order valence-electron chi connectivity index (χ1n) is 7.28. The van der Waals surface area contributed by atoms with Crippen LogP contribution >= 0.6 is 0 Å². The van der Waals surface area contributed by atoms with Crippen molar-refractivity contribution in [3.8, 4) is 0 Å². The van der Waals surface area contributed by atoms with Crippen molar-refractivity contribution < 1.29 is 28.9 Å². The van der Waals surface area contributed by atoms with Crippen LogP contribution in [0.3, 0.4) is 0 Å². The van der Waals surface area contributed by atoms with Gasteiger partial charge in [-0.3, -0.25) is 4.84 Å². The smallest absolute Gasteiger partial charge is 0.186 e. The van der Waals surface area contributed by atoms with Crippen molar-refractivity contribution in [2.24, 2.45) is 5.92 Å². The summed E-state index contributed by atoms with van der Waals surface area (Å²) in [6, 6.07) is 0.0115. The Morgan fingerprint density at radius 2 is 2.00 bits per heavy atom. The molecule has 5 fully saturated rings. The number of aliphatic hydroxyl groups is 1. The number of hydrogen-bond donors (Lipinski definition) is 1. The highest BCUT2D eigenvalue weighted by Gasteiger charge is 2.66. The Balaban J connectivity index is 1.48. The van der Waals surface area contributed by atoms with Crippen molar-refractivity contribution in [2.75, 3.05) is 13.2 Å². The molecule has 0 spiro atoms. The van der Waals surface area contributed by atoms with Crippen LogP contribution in [0.4, 0.5) is 0 Å². The molecule has 20 heavy (non-hydrogen) atoms. The summed E-state index contributed by atoms with van der Waals surface area (Å²) in [4.78, 5) is 5.96. The van der Waals surface area contributed by atoms with Gasteiger partial charge < -0.3 is 24.1 Å². The molecule has 2 bridgehead atoms. The molecule has 5 aliphatic heterocycles. The molecule has 7 heteroatoms. The Hall–Kier alpha value is -0.280. The van der Waals surface area contributed by atoms with Gasteiger partial charge in [-0.1, -0.05) is 0 Å². The van der Waals surface area contributed by atoms with Crippen LogP contribution in [0.5, 0.6) is 0 Å². The molecule has 0 aromatic rings. The first kappa shape index (κ1) is 12.3. The molecule has 0 aromatic carbocycles. The van der Waals surface area contributed by atoms with Gasteiger partial charge >= 0.3 is 0 Å². The van der Waals surface area contributed by atoms with Crippen LogP contribution < -0.4 is 0 Å². The molecule has 0 aliphatic carbocycles. The van der Waals surface area contributed by atoms with Crippen molar-refractivity contribution in [2.45, 2.75) is 62.5 Å². The summed E-state index contributed by atoms with van der Waals surface area (Å²) in [5.41, 5.74) is 0. The highest BCUT2D eigenvalue weighted by atomic mass is 16.8. The number of hydroxylamine groups is 2. The zero-order valence-corrected chi connectivity index (χ0v) is 11.5. The van der Waals surface area contributed by atoms with Crippen LogP contribution in [0.15, 0.2) is 0 Å². The van der Waals surface area contributed by atoms with Crippen LogP contribution in [0.25, 0.3) is 0 Å². The molecule has 0 amide bonds. The maximum atomic E-state index is 10.6. The Labute approximate surface area is 116 Å². The van der Waals surface area contributed by atoms with Gasteiger partial charge in [-0.25, -0.2) is 0 Å².